The first kappa shape index (κ1) is 13.0. The van der Waals surface area contributed by atoms with Crippen molar-refractivity contribution in [1.29, 1.82) is 0 Å². The maximum absolute atomic E-state index is 12.6. The standard InChI is InChI=1S/C12H7F3N2O2/c13-12(14,15)8-3-1-2-7(4-8)9-5-16-17-6-10(9)11(18)19/h1-6H,(H,18,19). The fourth-order valence-electron chi connectivity index (χ4n) is 1.58. The second-order valence-electron chi connectivity index (χ2n) is 3.70. The number of halogens is 3. The van der Waals surface area contributed by atoms with Gasteiger partial charge in [-0.2, -0.15) is 23.4 Å². The minimum absolute atomic E-state index is 0.0913. The van der Waals surface area contributed by atoms with Crippen LogP contribution >= 0.6 is 0 Å². The van der Waals surface area contributed by atoms with Gasteiger partial charge in [0, 0.05) is 5.56 Å². The third-order valence-corrected chi connectivity index (χ3v) is 2.46. The van der Waals surface area contributed by atoms with Crippen LogP contribution in [0.5, 0.6) is 0 Å². The second kappa shape index (κ2) is 4.68. The number of alkyl halides is 3. The van der Waals surface area contributed by atoms with E-state index in [0.29, 0.717) is 0 Å². The lowest BCUT2D eigenvalue weighted by atomic mass is 10.0. The van der Waals surface area contributed by atoms with E-state index in [9.17, 15) is 18.0 Å². The van der Waals surface area contributed by atoms with E-state index in [2.05, 4.69) is 10.2 Å². The van der Waals surface area contributed by atoms with E-state index in [4.69, 9.17) is 5.11 Å². The maximum Gasteiger partial charge on any atom is 0.416 e. The molecule has 0 saturated carbocycles. The molecule has 0 aliphatic heterocycles. The summed E-state index contributed by atoms with van der Waals surface area (Å²) in [4.78, 5) is 11.0. The maximum atomic E-state index is 12.6. The third kappa shape index (κ3) is 2.70. The van der Waals surface area contributed by atoms with Crippen LogP contribution in [-0.2, 0) is 6.18 Å². The van der Waals surface area contributed by atoms with Crippen molar-refractivity contribution in [3.8, 4) is 11.1 Å². The summed E-state index contributed by atoms with van der Waals surface area (Å²) >= 11 is 0. The summed E-state index contributed by atoms with van der Waals surface area (Å²) < 4.78 is 37.8. The molecule has 19 heavy (non-hydrogen) atoms. The molecule has 0 radical (unpaired) electrons. The van der Waals surface area contributed by atoms with Crippen molar-refractivity contribution in [3.63, 3.8) is 0 Å². The molecule has 0 unspecified atom stereocenters. The number of rotatable bonds is 2. The topological polar surface area (TPSA) is 63.1 Å². The molecular weight excluding hydrogens is 261 g/mol. The van der Waals surface area contributed by atoms with Crippen molar-refractivity contribution in [2.45, 2.75) is 6.18 Å². The zero-order valence-corrected chi connectivity index (χ0v) is 9.35. The van der Waals surface area contributed by atoms with Gasteiger partial charge in [0.2, 0.25) is 0 Å². The highest BCUT2D eigenvalue weighted by molar-refractivity contribution is 5.95. The van der Waals surface area contributed by atoms with Gasteiger partial charge in [-0.15, -0.1) is 0 Å². The van der Waals surface area contributed by atoms with Crippen LogP contribution in [0.15, 0.2) is 36.7 Å². The van der Waals surface area contributed by atoms with Crippen LogP contribution in [0, 0.1) is 0 Å². The quantitative estimate of drug-likeness (QED) is 0.909. The molecule has 2 aromatic rings. The molecular formula is C12H7F3N2O2. The number of benzene rings is 1. The molecule has 0 bridgehead atoms. The minimum atomic E-state index is -4.49. The number of hydrogen-bond acceptors (Lipinski definition) is 3. The number of carbonyl (C=O) groups is 1. The first-order valence-corrected chi connectivity index (χ1v) is 5.11. The molecule has 0 fully saturated rings. The normalized spacial score (nSPS) is 11.3. The third-order valence-electron chi connectivity index (χ3n) is 2.46. The SMILES string of the molecule is O=C(O)c1cnncc1-c1cccc(C(F)(F)F)c1. The molecule has 98 valence electrons. The van der Waals surface area contributed by atoms with Gasteiger partial charge in [-0.3, -0.25) is 0 Å². The van der Waals surface area contributed by atoms with Gasteiger partial charge in [-0.05, 0) is 17.7 Å². The Bertz CT molecular complexity index is 626. The lowest BCUT2D eigenvalue weighted by Crippen LogP contribution is -2.06. The molecule has 1 aromatic heterocycles. The van der Waals surface area contributed by atoms with Crippen LogP contribution in [0.25, 0.3) is 11.1 Å². The Morgan fingerprint density at radius 1 is 1.16 bits per heavy atom. The first-order chi connectivity index (χ1) is 8.89. The van der Waals surface area contributed by atoms with Gasteiger partial charge in [-0.1, -0.05) is 12.1 Å². The van der Waals surface area contributed by atoms with Gasteiger partial charge in [0.25, 0.3) is 0 Å². The average molecular weight is 268 g/mol. The number of aromatic nitrogens is 2. The lowest BCUT2D eigenvalue weighted by Gasteiger charge is -2.09. The van der Waals surface area contributed by atoms with Crippen molar-refractivity contribution in [2.75, 3.05) is 0 Å². The van der Waals surface area contributed by atoms with Crippen molar-refractivity contribution in [2.24, 2.45) is 0 Å². The highest BCUT2D eigenvalue weighted by atomic mass is 19.4. The van der Waals surface area contributed by atoms with Crippen LogP contribution in [0.3, 0.4) is 0 Å². The molecule has 0 spiro atoms. The monoisotopic (exact) mass is 268 g/mol. The second-order valence-corrected chi connectivity index (χ2v) is 3.70. The van der Waals surface area contributed by atoms with Gasteiger partial charge in [0.1, 0.15) is 0 Å². The fraction of sp³-hybridized carbons (Fsp3) is 0.0833. The number of aromatic carboxylic acids is 1. The smallest absolute Gasteiger partial charge is 0.416 e. The van der Waals surface area contributed by atoms with Gasteiger partial charge in [-0.25, -0.2) is 4.79 Å². The van der Waals surface area contributed by atoms with Crippen molar-refractivity contribution < 1.29 is 23.1 Å². The predicted octanol–water partition coefficient (Wildman–Crippen LogP) is 2.86. The largest absolute Gasteiger partial charge is 0.478 e. The Kier molecular flexibility index (Phi) is 3.20. The molecule has 0 aliphatic carbocycles. The van der Waals surface area contributed by atoms with Crippen LogP contribution < -0.4 is 0 Å². The lowest BCUT2D eigenvalue weighted by molar-refractivity contribution is -0.137. The van der Waals surface area contributed by atoms with E-state index < -0.39 is 17.7 Å². The van der Waals surface area contributed by atoms with E-state index in [1.807, 2.05) is 0 Å². The van der Waals surface area contributed by atoms with E-state index in [0.717, 1.165) is 24.5 Å². The Labute approximate surface area is 105 Å². The Hall–Kier alpha value is -2.44. The number of carboxylic acids is 1. The van der Waals surface area contributed by atoms with Crippen LogP contribution in [-0.4, -0.2) is 21.3 Å². The summed E-state index contributed by atoms with van der Waals surface area (Å²) in [5.74, 6) is -1.28. The summed E-state index contributed by atoms with van der Waals surface area (Å²) in [6.07, 6.45) is -2.36. The minimum Gasteiger partial charge on any atom is -0.478 e. The van der Waals surface area contributed by atoms with Crippen LogP contribution in [0.1, 0.15) is 15.9 Å². The Morgan fingerprint density at radius 2 is 1.84 bits per heavy atom. The van der Waals surface area contributed by atoms with Crippen molar-refractivity contribution in [1.82, 2.24) is 10.2 Å². The van der Waals surface area contributed by atoms with Crippen molar-refractivity contribution >= 4 is 5.97 Å². The van der Waals surface area contributed by atoms with Crippen molar-refractivity contribution in [3.05, 3.63) is 47.8 Å². The average Bonchev–Trinajstić information content (AvgIpc) is 2.38. The molecule has 0 amide bonds. The Balaban J connectivity index is 2.57. The summed E-state index contributed by atoms with van der Waals surface area (Å²) in [6, 6.07) is 4.39. The number of carboxylic acid groups (broad SMARTS) is 1. The molecule has 1 N–H and O–H groups in total. The molecule has 0 atom stereocenters. The summed E-state index contributed by atoms with van der Waals surface area (Å²) in [5, 5.41) is 15.9. The predicted molar refractivity (Wildman–Crippen MR) is 59.4 cm³/mol. The van der Waals surface area contributed by atoms with E-state index in [-0.39, 0.29) is 16.7 Å². The van der Waals surface area contributed by atoms with E-state index in [1.165, 1.54) is 12.1 Å². The van der Waals surface area contributed by atoms with Crippen LogP contribution in [0.2, 0.25) is 0 Å². The summed E-state index contributed by atoms with van der Waals surface area (Å²) in [7, 11) is 0. The molecule has 0 saturated heterocycles. The Morgan fingerprint density at radius 3 is 2.47 bits per heavy atom. The summed E-state index contributed by atoms with van der Waals surface area (Å²) in [5.41, 5.74) is -0.830. The number of hydrogen-bond donors (Lipinski definition) is 1. The molecule has 1 heterocycles. The summed E-state index contributed by atoms with van der Waals surface area (Å²) in [6.45, 7) is 0. The molecule has 2 rings (SSSR count). The van der Waals surface area contributed by atoms with E-state index in [1.54, 1.807) is 0 Å². The highest BCUT2D eigenvalue weighted by Crippen LogP contribution is 2.32. The van der Waals surface area contributed by atoms with Crippen LogP contribution in [0.4, 0.5) is 13.2 Å². The zero-order valence-electron chi connectivity index (χ0n) is 9.35. The molecule has 7 heteroatoms. The first-order valence-electron chi connectivity index (χ1n) is 5.11. The fourth-order valence-corrected chi connectivity index (χ4v) is 1.58. The molecule has 0 aliphatic rings. The molecule has 4 nitrogen and oxygen atoms in total. The molecule has 1 aromatic carbocycles. The zero-order chi connectivity index (χ0) is 14.0. The van der Waals surface area contributed by atoms with Gasteiger partial charge >= 0.3 is 12.1 Å². The van der Waals surface area contributed by atoms with Gasteiger partial charge < -0.3 is 5.11 Å². The van der Waals surface area contributed by atoms with E-state index >= 15 is 0 Å². The van der Waals surface area contributed by atoms with Gasteiger partial charge in [0.15, 0.2) is 0 Å². The highest BCUT2D eigenvalue weighted by Gasteiger charge is 2.30. The van der Waals surface area contributed by atoms with Gasteiger partial charge in [0.05, 0.1) is 23.5 Å². The number of nitrogens with zero attached hydrogens (tertiary/aromatic N) is 2.